The largest absolute Gasteiger partial charge is 0.496 e. The lowest BCUT2D eigenvalue weighted by atomic mass is 10.1. The molecule has 0 aliphatic heterocycles. The highest BCUT2D eigenvalue weighted by Gasteiger charge is 2.22. The van der Waals surface area contributed by atoms with Gasteiger partial charge in [-0.3, -0.25) is 0 Å². The monoisotopic (exact) mass is 397 g/mol. The van der Waals surface area contributed by atoms with Crippen molar-refractivity contribution in [3.63, 3.8) is 0 Å². The molecule has 0 saturated carbocycles. The van der Waals surface area contributed by atoms with Gasteiger partial charge in [-0.2, -0.15) is 0 Å². The molecule has 0 amide bonds. The predicted molar refractivity (Wildman–Crippen MR) is 95.4 cm³/mol. The van der Waals surface area contributed by atoms with Gasteiger partial charge in [-0.1, -0.05) is 28.1 Å². The topological polar surface area (TPSA) is 55.4 Å². The highest BCUT2D eigenvalue weighted by molar-refractivity contribution is 9.10. The molecule has 0 fully saturated rings. The molecule has 0 saturated heterocycles. The molecular weight excluding hydrogens is 378 g/mol. The highest BCUT2D eigenvalue weighted by atomic mass is 79.9. The summed E-state index contributed by atoms with van der Waals surface area (Å²) < 4.78 is 34.3. The standard InChI is InChI=1S/C17H20BrNO3S/c1-11-8-16(22-4)12(2)13(3)17(11)23(20,21)19-10-14-6-5-7-15(18)9-14/h5-9,19H,10H2,1-4H3. The average molecular weight is 398 g/mol. The van der Waals surface area contributed by atoms with E-state index in [1.807, 2.05) is 31.2 Å². The van der Waals surface area contributed by atoms with Crippen LogP contribution in [0.4, 0.5) is 0 Å². The van der Waals surface area contributed by atoms with Gasteiger partial charge in [0.05, 0.1) is 12.0 Å². The maximum atomic E-state index is 12.7. The van der Waals surface area contributed by atoms with Crippen LogP contribution in [0.2, 0.25) is 0 Å². The zero-order chi connectivity index (χ0) is 17.2. The van der Waals surface area contributed by atoms with Crippen molar-refractivity contribution in [2.45, 2.75) is 32.2 Å². The summed E-state index contributed by atoms with van der Waals surface area (Å²) in [5.74, 6) is 0.700. The Morgan fingerprint density at radius 1 is 1.13 bits per heavy atom. The minimum Gasteiger partial charge on any atom is -0.496 e. The Hall–Kier alpha value is -1.37. The van der Waals surface area contributed by atoms with E-state index in [0.717, 1.165) is 15.6 Å². The lowest BCUT2D eigenvalue weighted by Crippen LogP contribution is -2.25. The fourth-order valence-corrected chi connectivity index (χ4v) is 4.53. The SMILES string of the molecule is COc1cc(C)c(S(=O)(=O)NCc2cccc(Br)c2)c(C)c1C. The number of nitrogens with one attached hydrogen (secondary N) is 1. The summed E-state index contributed by atoms with van der Waals surface area (Å²) in [7, 11) is -2.02. The van der Waals surface area contributed by atoms with Crippen LogP contribution in [0.5, 0.6) is 5.75 Å². The van der Waals surface area contributed by atoms with Gasteiger partial charge in [-0.25, -0.2) is 13.1 Å². The van der Waals surface area contributed by atoms with Gasteiger partial charge in [0.1, 0.15) is 5.75 Å². The van der Waals surface area contributed by atoms with Crippen LogP contribution >= 0.6 is 15.9 Å². The fraction of sp³-hybridized carbons (Fsp3) is 0.294. The van der Waals surface area contributed by atoms with Crippen LogP contribution in [-0.4, -0.2) is 15.5 Å². The van der Waals surface area contributed by atoms with Crippen molar-refractivity contribution in [3.8, 4) is 5.75 Å². The molecule has 0 atom stereocenters. The maximum Gasteiger partial charge on any atom is 0.241 e. The van der Waals surface area contributed by atoms with E-state index in [-0.39, 0.29) is 6.54 Å². The van der Waals surface area contributed by atoms with Crippen LogP contribution < -0.4 is 9.46 Å². The van der Waals surface area contributed by atoms with Crippen molar-refractivity contribution in [1.29, 1.82) is 0 Å². The molecule has 0 unspecified atom stereocenters. The third-order valence-electron chi connectivity index (χ3n) is 3.82. The summed E-state index contributed by atoms with van der Waals surface area (Å²) in [6.45, 7) is 5.69. The first kappa shape index (κ1) is 18.0. The summed E-state index contributed by atoms with van der Waals surface area (Å²) in [6, 6.07) is 9.31. The number of halogens is 1. The maximum absolute atomic E-state index is 12.7. The molecular formula is C17H20BrNO3S. The van der Waals surface area contributed by atoms with Crippen LogP contribution in [0.15, 0.2) is 39.7 Å². The smallest absolute Gasteiger partial charge is 0.241 e. The number of aryl methyl sites for hydroxylation is 1. The molecule has 0 aliphatic rings. The molecule has 1 N–H and O–H groups in total. The zero-order valence-electron chi connectivity index (χ0n) is 13.6. The first-order valence-electron chi connectivity index (χ1n) is 7.15. The van der Waals surface area contributed by atoms with Crippen LogP contribution in [0.3, 0.4) is 0 Å². The van der Waals surface area contributed by atoms with Gasteiger partial charge >= 0.3 is 0 Å². The van der Waals surface area contributed by atoms with Gasteiger partial charge in [0.2, 0.25) is 10.0 Å². The molecule has 0 aromatic heterocycles. The molecule has 0 heterocycles. The van der Waals surface area contributed by atoms with Crippen molar-refractivity contribution in [2.24, 2.45) is 0 Å². The second-order valence-corrected chi connectivity index (χ2v) is 8.05. The average Bonchev–Trinajstić information content (AvgIpc) is 2.49. The number of hydrogen-bond donors (Lipinski definition) is 1. The first-order valence-corrected chi connectivity index (χ1v) is 9.42. The lowest BCUT2D eigenvalue weighted by Gasteiger charge is -2.16. The van der Waals surface area contributed by atoms with E-state index in [1.165, 1.54) is 0 Å². The van der Waals surface area contributed by atoms with Crippen LogP contribution in [0.1, 0.15) is 22.3 Å². The zero-order valence-corrected chi connectivity index (χ0v) is 16.0. The minimum atomic E-state index is -3.60. The number of rotatable bonds is 5. The lowest BCUT2D eigenvalue weighted by molar-refractivity contribution is 0.410. The molecule has 23 heavy (non-hydrogen) atoms. The predicted octanol–water partition coefficient (Wildman–Crippen LogP) is 3.86. The summed E-state index contributed by atoms with van der Waals surface area (Å²) in [5.41, 5.74) is 3.11. The molecule has 124 valence electrons. The number of methoxy groups -OCH3 is 1. The Morgan fingerprint density at radius 3 is 2.43 bits per heavy atom. The Labute approximate surface area is 146 Å². The number of sulfonamides is 1. The van der Waals surface area contributed by atoms with Crippen molar-refractivity contribution in [3.05, 3.63) is 57.1 Å². The summed E-state index contributed by atoms with van der Waals surface area (Å²) in [4.78, 5) is 0.325. The Kier molecular flexibility index (Phi) is 5.49. The van der Waals surface area contributed by atoms with Gasteiger partial charge in [-0.05, 0) is 61.2 Å². The van der Waals surface area contributed by atoms with Gasteiger partial charge in [-0.15, -0.1) is 0 Å². The third-order valence-corrected chi connectivity index (χ3v) is 6.01. The van der Waals surface area contributed by atoms with Crippen molar-refractivity contribution in [2.75, 3.05) is 7.11 Å². The van der Waals surface area contributed by atoms with E-state index in [2.05, 4.69) is 20.7 Å². The van der Waals surface area contributed by atoms with E-state index >= 15 is 0 Å². The molecule has 6 heteroatoms. The Balaban J connectivity index is 2.35. The van der Waals surface area contributed by atoms with Crippen molar-refractivity contribution >= 4 is 26.0 Å². The van der Waals surface area contributed by atoms with Crippen LogP contribution in [-0.2, 0) is 16.6 Å². The van der Waals surface area contributed by atoms with Crippen molar-refractivity contribution < 1.29 is 13.2 Å². The van der Waals surface area contributed by atoms with Crippen molar-refractivity contribution in [1.82, 2.24) is 4.72 Å². The Bertz CT molecular complexity index is 832. The van der Waals surface area contributed by atoms with Crippen LogP contribution in [0, 0.1) is 20.8 Å². The number of benzene rings is 2. The van der Waals surface area contributed by atoms with E-state index in [0.29, 0.717) is 21.8 Å². The molecule has 2 aromatic carbocycles. The van der Waals surface area contributed by atoms with Gasteiger partial charge < -0.3 is 4.74 Å². The summed E-state index contributed by atoms with van der Waals surface area (Å²) >= 11 is 3.39. The fourth-order valence-electron chi connectivity index (χ4n) is 2.54. The molecule has 4 nitrogen and oxygen atoms in total. The first-order chi connectivity index (χ1) is 10.8. The molecule has 2 rings (SSSR count). The normalized spacial score (nSPS) is 11.5. The highest BCUT2D eigenvalue weighted by Crippen LogP contribution is 2.30. The van der Waals surface area contributed by atoms with Gasteiger partial charge in [0, 0.05) is 11.0 Å². The van der Waals surface area contributed by atoms with E-state index < -0.39 is 10.0 Å². The van der Waals surface area contributed by atoms with E-state index in [9.17, 15) is 8.42 Å². The second kappa shape index (κ2) is 7.03. The molecule has 0 spiro atoms. The second-order valence-electron chi connectivity index (χ2n) is 5.43. The molecule has 2 aromatic rings. The van der Waals surface area contributed by atoms with Gasteiger partial charge in [0.25, 0.3) is 0 Å². The van der Waals surface area contributed by atoms with Crippen LogP contribution in [0.25, 0.3) is 0 Å². The number of ether oxygens (including phenoxy) is 1. The minimum absolute atomic E-state index is 0.242. The van der Waals surface area contributed by atoms with Gasteiger partial charge in [0.15, 0.2) is 0 Å². The summed E-state index contributed by atoms with van der Waals surface area (Å²) in [6.07, 6.45) is 0. The van der Waals surface area contributed by atoms with E-state index in [1.54, 1.807) is 27.0 Å². The van der Waals surface area contributed by atoms with E-state index in [4.69, 9.17) is 4.74 Å². The molecule has 0 bridgehead atoms. The number of hydrogen-bond acceptors (Lipinski definition) is 3. The quantitative estimate of drug-likeness (QED) is 0.832. The summed E-state index contributed by atoms with van der Waals surface area (Å²) in [5, 5.41) is 0. The third kappa shape index (κ3) is 3.94. The molecule has 0 aliphatic carbocycles. The molecule has 0 radical (unpaired) electrons. The Morgan fingerprint density at radius 2 is 1.83 bits per heavy atom.